The number of amides is 2. The Labute approximate surface area is 109 Å². The summed E-state index contributed by atoms with van der Waals surface area (Å²) in [6.45, 7) is 6.59. The van der Waals surface area contributed by atoms with Crippen LogP contribution in [0, 0.1) is 0 Å². The van der Waals surface area contributed by atoms with Crippen molar-refractivity contribution in [1.29, 1.82) is 0 Å². The van der Waals surface area contributed by atoms with E-state index < -0.39 is 0 Å². The van der Waals surface area contributed by atoms with Gasteiger partial charge < -0.3 is 10.6 Å². The Balaban J connectivity index is 2.24. The normalized spacial score (nSPS) is 9.83. The highest BCUT2D eigenvalue weighted by molar-refractivity contribution is 5.89. The van der Waals surface area contributed by atoms with Gasteiger partial charge in [-0.15, -0.1) is 0 Å². The van der Waals surface area contributed by atoms with Crippen LogP contribution in [0.5, 0.6) is 0 Å². The summed E-state index contributed by atoms with van der Waals surface area (Å²) in [6.07, 6.45) is 6.42. The Bertz CT molecular complexity index is 371. The van der Waals surface area contributed by atoms with Crippen molar-refractivity contribution in [3.8, 4) is 0 Å². The number of unbranched alkanes of at least 4 members (excludes halogenated alkanes) is 3. The molecule has 0 heterocycles. The number of nitrogens with one attached hydrogen (secondary N) is 2. The predicted molar refractivity (Wildman–Crippen MR) is 77.7 cm³/mol. The summed E-state index contributed by atoms with van der Waals surface area (Å²) in [5, 5.41) is 5.65. The lowest BCUT2D eigenvalue weighted by atomic mass is 10.2. The maximum atomic E-state index is 11.6. The lowest BCUT2D eigenvalue weighted by Crippen LogP contribution is -2.29. The lowest BCUT2D eigenvalue weighted by Gasteiger charge is -2.07. The molecule has 0 aromatic heterocycles. The summed E-state index contributed by atoms with van der Waals surface area (Å²) in [7, 11) is 0. The van der Waals surface area contributed by atoms with Gasteiger partial charge in [0.15, 0.2) is 0 Å². The molecule has 2 N–H and O–H groups in total. The van der Waals surface area contributed by atoms with Gasteiger partial charge in [-0.05, 0) is 24.1 Å². The van der Waals surface area contributed by atoms with Gasteiger partial charge in [-0.2, -0.15) is 0 Å². The zero-order valence-corrected chi connectivity index (χ0v) is 11.0. The third kappa shape index (κ3) is 5.53. The van der Waals surface area contributed by atoms with Crippen LogP contribution in [0.4, 0.5) is 10.5 Å². The molecule has 0 atom stereocenters. The Morgan fingerprint density at radius 2 is 1.94 bits per heavy atom. The largest absolute Gasteiger partial charge is 0.338 e. The summed E-state index contributed by atoms with van der Waals surface area (Å²) < 4.78 is 0. The topological polar surface area (TPSA) is 41.1 Å². The van der Waals surface area contributed by atoms with Crippen LogP contribution < -0.4 is 10.6 Å². The monoisotopic (exact) mass is 246 g/mol. The number of carbonyl (C=O) groups is 1. The van der Waals surface area contributed by atoms with Crippen molar-refractivity contribution >= 4 is 17.8 Å². The first-order valence-electron chi connectivity index (χ1n) is 6.53. The van der Waals surface area contributed by atoms with Crippen molar-refractivity contribution in [3.63, 3.8) is 0 Å². The van der Waals surface area contributed by atoms with Gasteiger partial charge in [-0.3, -0.25) is 0 Å². The van der Waals surface area contributed by atoms with E-state index in [2.05, 4.69) is 24.1 Å². The summed E-state index contributed by atoms with van der Waals surface area (Å²) in [6, 6.07) is 7.44. The van der Waals surface area contributed by atoms with E-state index in [4.69, 9.17) is 0 Å². The van der Waals surface area contributed by atoms with Crippen LogP contribution in [-0.2, 0) is 0 Å². The molecule has 1 aromatic rings. The molecule has 0 spiro atoms. The second-order valence-corrected chi connectivity index (χ2v) is 4.27. The van der Waals surface area contributed by atoms with E-state index in [1.165, 1.54) is 19.3 Å². The lowest BCUT2D eigenvalue weighted by molar-refractivity contribution is 0.252. The third-order valence-corrected chi connectivity index (χ3v) is 2.72. The van der Waals surface area contributed by atoms with Crippen molar-refractivity contribution in [2.75, 3.05) is 11.9 Å². The summed E-state index contributed by atoms with van der Waals surface area (Å²) >= 11 is 0. The molecule has 3 heteroatoms. The summed E-state index contributed by atoms with van der Waals surface area (Å²) in [5.74, 6) is 0. The molecule has 0 bridgehead atoms. The molecule has 1 rings (SSSR count). The number of hydrogen-bond acceptors (Lipinski definition) is 1. The summed E-state index contributed by atoms with van der Waals surface area (Å²) in [5.41, 5.74) is 1.84. The van der Waals surface area contributed by atoms with E-state index in [0.717, 1.165) is 24.2 Å². The van der Waals surface area contributed by atoms with Crippen molar-refractivity contribution in [3.05, 3.63) is 36.4 Å². The fourth-order valence-corrected chi connectivity index (χ4v) is 1.63. The van der Waals surface area contributed by atoms with Crippen LogP contribution >= 0.6 is 0 Å². The van der Waals surface area contributed by atoms with Crippen LogP contribution in [-0.4, -0.2) is 12.6 Å². The first-order chi connectivity index (χ1) is 8.76. The van der Waals surface area contributed by atoms with Gasteiger partial charge in [0.05, 0.1) is 0 Å². The number of rotatable bonds is 7. The highest BCUT2D eigenvalue weighted by Crippen LogP contribution is 2.09. The van der Waals surface area contributed by atoms with E-state index in [0.29, 0.717) is 0 Å². The highest BCUT2D eigenvalue weighted by atomic mass is 16.2. The van der Waals surface area contributed by atoms with Crippen LogP contribution in [0.25, 0.3) is 6.08 Å². The average molecular weight is 246 g/mol. The molecule has 0 aliphatic heterocycles. The molecule has 0 radical (unpaired) electrons. The molecule has 18 heavy (non-hydrogen) atoms. The van der Waals surface area contributed by atoms with Gasteiger partial charge >= 0.3 is 6.03 Å². The molecular weight excluding hydrogens is 224 g/mol. The van der Waals surface area contributed by atoms with Gasteiger partial charge in [0, 0.05) is 12.2 Å². The van der Waals surface area contributed by atoms with Gasteiger partial charge in [0.2, 0.25) is 0 Å². The molecule has 0 aliphatic rings. The Morgan fingerprint density at radius 1 is 1.22 bits per heavy atom. The van der Waals surface area contributed by atoms with Crippen LogP contribution in [0.3, 0.4) is 0 Å². The van der Waals surface area contributed by atoms with Crippen molar-refractivity contribution < 1.29 is 4.79 Å². The molecule has 0 saturated carbocycles. The van der Waals surface area contributed by atoms with Crippen LogP contribution in [0.1, 0.15) is 38.2 Å². The maximum absolute atomic E-state index is 11.6. The van der Waals surface area contributed by atoms with Gasteiger partial charge in [-0.1, -0.05) is 51.0 Å². The highest BCUT2D eigenvalue weighted by Gasteiger charge is 2.00. The molecule has 0 saturated heterocycles. The Kier molecular flexibility index (Phi) is 6.62. The molecule has 0 aliphatic carbocycles. The molecule has 2 amide bonds. The van der Waals surface area contributed by atoms with Gasteiger partial charge in [0.25, 0.3) is 0 Å². The van der Waals surface area contributed by atoms with Crippen molar-refractivity contribution in [2.45, 2.75) is 32.6 Å². The zero-order valence-electron chi connectivity index (χ0n) is 11.0. The first-order valence-corrected chi connectivity index (χ1v) is 6.53. The zero-order chi connectivity index (χ0) is 13.2. The summed E-state index contributed by atoms with van der Waals surface area (Å²) in [4.78, 5) is 11.6. The van der Waals surface area contributed by atoms with Crippen molar-refractivity contribution in [2.24, 2.45) is 0 Å². The van der Waals surface area contributed by atoms with Crippen molar-refractivity contribution in [1.82, 2.24) is 5.32 Å². The van der Waals surface area contributed by atoms with Crippen LogP contribution in [0.2, 0.25) is 0 Å². The average Bonchev–Trinajstić information content (AvgIpc) is 2.39. The molecule has 0 fully saturated rings. The fraction of sp³-hybridized carbons (Fsp3) is 0.400. The predicted octanol–water partition coefficient (Wildman–Crippen LogP) is 4.03. The third-order valence-electron chi connectivity index (χ3n) is 2.72. The minimum Gasteiger partial charge on any atom is -0.338 e. The minimum atomic E-state index is -0.141. The van der Waals surface area contributed by atoms with Crippen LogP contribution in [0.15, 0.2) is 30.8 Å². The number of carbonyl (C=O) groups excluding carboxylic acids is 1. The molecule has 3 nitrogen and oxygen atoms in total. The molecule has 0 unspecified atom stereocenters. The minimum absolute atomic E-state index is 0.141. The Morgan fingerprint density at radius 3 is 2.56 bits per heavy atom. The second kappa shape index (κ2) is 8.34. The standard InChI is InChI=1S/C15H22N2O/c1-3-5-6-7-12-16-15(18)17-14-10-8-13(4-2)9-11-14/h4,8-11H,2-3,5-7,12H2,1H3,(H2,16,17,18). The fourth-order valence-electron chi connectivity index (χ4n) is 1.63. The van der Waals surface area contributed by atoms with E-state index in [-0.39, 0.29) is 6.03 Å². The van der Waals surface area contributed by atoms with E-state index in [1.807, 2.05) is 24.3 Å². The number of urea groups is 1. The number of hydrogen-bond donors (Lipinski definition) is 2. The molecule has 98 valence electrons. The first kappa shape index (κ1) is 14.3. The molecule has 1 aromatic carbocycles. The molecular formula is C15H22N2O. The Hall–Kier alpha value is -1.77. The number of anilines is 1. The second-order valence-electron chi connectivity index (χ2n) is 4.27. The van der Waals surface area contributed by atoms with Gasteiger partial charge in [0.1, 0.15) is 0 Å². The maximum Gasteiger partial charge on any atom is 0.319 e. The number of benzene rings is 1. The van der Waals surface area contributed by atoms with E-state index >= 15 is 0 Å². The van der Waals surface area contributed by atoms with E-state index in [9.17, 15) is 4.79 Å². The smallest absolute Gasteiger partial charge is 0.319 e. The quantitative estimate of drug-likeness (QED) is 0.701. The SMILES string of the molecule is C=Cc1ccc(NC(=O)NCCCCCC)cc1. The van der Waals surface area contributed by atoms with E-state index in [1.54, 1.807) is 6.08 Å². The van der Waals surface area contributed by atoms with Gasteiger partial charge in [-0.25, -0.2) is 4.79 Å².